The molecule has 1 aliphatic rings. The van der Waals surface area contributed by atoms with Gasteiger partial charge in [-0.2, -0.15) is 5.10 Å². The van der Waals surface area contributed by atoms with Crippen molar-refractivity contribution >= 4 is 11.7 Å². The van der Waals surface area contributed by atoms with E-state index in [2.05, 4.69) is 32.4 Å². The van der Waals surface area contributed by atoms with E-state index in [0.717, 1.165) is 29.9 Å². The summed E-state index contributed by atoms with van der Waals surface area (Å²) in [7, 11) is 0. The van der Waals surface area contributed by atoms with Crippen LogP contribution in [0.25, 0.3) is 0 Å². The maximum Gasteiger partial charge on any atom is 0.317 e. The molecule has 3 heterocycles. The van der Waals surface area contributed by atoms with Crippen LogP contribution in [0.2, 0.25) is 0 Å². The molecule has 1 aliphatic heterocycles. The molecular weight excluding hydrogens is 352 g/mol. The molecule has 28 heavy (non-hydrogen) atoms. The predicted octanol–water partition coefficient (Wildman–Crippen LogP) is 2.36. The lowest BCUT2D eigenvalue weighted by Crippen LogP contribution is -2.51. The Morgan fingerprint density at radius 3 is 2.39 bits per heavy atom. The number of carbonyl (C=O) groups is 1. The Morgan fingerprint density at radius 1 is 0.929 bits per heavy atom. The third kappa shape index (κ3) is 4.31. The number of carbonyl (C=O) groups excluding carboxylic acids is 1. The first-order chi connectivity index (χ1) is 13.8. The van der Waals surface area contributed by atoms with Crippen molar-refractivity contribution < 1.29 is 4.79 Å². The molecule has 0 aliphatic carbocycles. The van der Waals surface area contributed by atoms with Gasteiger partial charge in [-0.05, 0) is 29.3 Å². The smallest absolute Gasteiger partial charge is 0.317 e. The van der Waals surface area contributed by atoms with Crippen LogP contribution in [0.1, 0.15) is 11.1 Å². The van der Waals surface area contributed by atoms with Crippen LogP contribution in [0.3, 0.4) is 0 Å². The molecule has 1 aromatic carbocycles. The van der Waals surface area contributed by atoms with Gasteiger partial charge in [-0.1, -0.05) is 24.3 Å². The molecule has 144 valence electrons. The van der Waals surface area contributed by atoms with E-state index in [-0.39, 0.29) is 6.03 Å². The molecule has 1 fully saturated rings. The Hall–Kier alpha value is -3.35. The lowest BCUT2D eigenvalue weighted by atomic mass is 10.1. The Kier molecular flexibility index (Phi) is 5.51. The number of anilines is 1. The molecule has 0 unspecified atom stereocenters. The summed E-state index contributed by atoms with van der Waals surface area (Å²) in [5.74, 6) is 0. The first-order valence-electron chi connectivity index (χ1n) is 9.51. The van der Waals surface area contributed by atoms with Crippen molar-refractivity contribution in [2.75, 3.05) is 31.1 Å². The number of hydrogen-bond acceptors (Lipinski definition) is 4. The molecule has 0 radical (unpaired) electrons. The zero-order valence-corrected chi connectivity index (χ0v) is 15.7. The summed E-state index contributed by atoms with van der Waals surface area (Å²) in [6.07, 6.45) is 7.32. The number of pyridine rings is 1. The molecule has 2 aromatic heterocycles. The van der Waals surface area contributed by atoms with Crippen molar-refractivity contribution in [1.82, 2.24) is 25.0 Å². The summed E-state index contributed by atoms with van der Waals surface area (Å²) < 4.78 is 1.89. The molecule has 0 atom stereocenters. The fourth-order valence-corrected chi connectivity index (χ4v) is 3.46. The van der Waals surface area contributed by atoms with Crippen LogP contribution in [0, 0.1) is 0 Å². The van der Waals surface area contributed by atoms with Crippen molar-refractivity contribution in [2.24, 2.45) is 0 Å². The third-order valence-electron chi connectivity index (χ3n) is 5.03. The van der Waals surface area contributed by atoms with E-state index in [1.165, 1.54) is 0 Å². The van der Waals surface area contributed by atoms with Crippen molar-refractivity contribution in [3.05, 3.63) is 78.4 Å². The van der Waals surface area contributed by atoms with Crippen LogP contribution in [-0.2, 0) is 13.1 Å². The SMILES string of the molecule is O=C(NCc1ccccc1Cn1cccn1)N1CCN(c2ccncc2)CC1. The van der Waals surface area contributed by atoms with Crippen molar-refractivity contribution in [2.45, 2.75) is 13.1 Å². The third-order valence-corrected chi connectivity index (χ3v) is 5.03. The standard InChI is InChI=1S/C21H24N6O/c28-21(26-14-12-25(13-15-26)20-6-9-22-10-7-20)23-16-18-4-1-2-5-19(18)17-27-11-3-8-24-27/h1-11H,12-17H2,(H,23,28). The lowest BCUT2D eigenvalue weighted by Gasteiger charge is -2.36. The van der Waals surface area contributed by atoms with Gasteiger partial charge in [0.25, 0.3) is 0 Å². The van der Waals surface area contributed by atoms with E-state index in [1.807, 2.05) is 46.1 Å². The summed E-state index contributed by atoms with van der Waals surface area (Å²) in [5.41, 5.74) is 3.43. The molecule has 2 amide bonds. The molecular formula is C21H24N6O. The maximum atomic E-state index is 12.6. The van der Waals surface area contributed by atoms with Gasteiger partial charge in [-0.25, -0.2) is 4.79 Å². The van der Waals surface area contributed by atoms with Crippen LogP contribution in [0.4, 0.5) is 10.5 Å². The summed E-state index contributed by atoms with van der Waals surface area (Å²) in [6.45, 7) is 4.29. The monoisotopic (exact) mass is 376 g/mol. The highest BCUT2D eigenvalue weighted by Gasteiger charge is 2.21. The van der Waals surface area contributed by atoms with Gasteiger partial charge < -0.3 is 15.1 Å². The zero-order valence-electron chi connectivity index (χ0n) is 15.7. The molecule has 4 rings (SSSR count). The Morgan fingerprint density at radius 2 is 1.68 bits per heavy atom. The van der Waals surface area contributed by atoms with E-state index >= 15 is 0 Å². The topological polar surface area (TPSA) is 66.3 Å². The Bertz CT molecular complexity index is 888. The summed E-state index contributed by atoms with van der Waals surface area (Å²) in [6, 6.07) is 14.1. The fourth-order valence-electron chi connectivity index (χ4n) is 3.46. The number of nitrogens with one attached hydrogen (secondary N) is 1. The van der Waals surface area contributed by atoms with E-state index in [4.69, 9.17) is 0 Å². The molecule has 0 bridgehead atoms. The molecule has 0 spiro atoms. The maximum absolute atomic E-state index is 12.6. The van der Waals surface area contributed by atoms with Gasteiger partial charge in [-0.3, -0.25) is 9.67 Å². The normalized spacial score (nSPS) is 14.1. The number of aromatic nitrogens is 3. The number of piperazine rings is 1. The van der Waals surface area contributed by atoms with Crippen LogP contribution in [0.15, 0.2) is 67.3 Å². The molecule has 3 aromatic rings. The van der Waals surface area contributed by atoms with Gasteiger partial charge in [0, 0.05) is 63.2 Å². The zero-order chi connectivity index (χ0) is 19.2. The van der Waals surface area contributed by atoms with Gasteiger partial charge in [0.15, 0.2) is 0 Å². The van der Waals surface area contributed by atoms with E-state index in [9.17, 15) is 4.79 Å². The van der Waals surface area contributed by atoms with E-state index in [1.54, 1.807) is 18.6 Å². The first kappa shape index (κ1) is 18.0. The average molecular weight is 376 g/mol. The molecule has 1 N–H and O–H groups in total. The van der Waals surface area contributed by atoms with Gasteiger partial charge >= 0.3 is 6.03 Å². The highest BCUT2D eigenvalue weighted by molar-refractivity contribution is 5.74. The minimum atomic E-state index is -0.0109. The number of benzene rings is 1. The van der Waals surface area contributed by atoms with Crippen LogP contribution >= 0.6 is 0 Å². The first-order valence-corrected chi connectivity index (χ1v) is 9.51. The summed E-state index contributed by atoms with van der Waals surface area (Å²) in [5, 5.41) is 7.34. The van der Waals surface area contributed by atoms with Crippen molar-refractivity contribution in [3.63, 3.8) is 0 Å². The number of nitrogens with zero attached hydrogens (tertiary/aromatic N) is 5. The molecule has 1 saturated heterocycles. The van der Waals surface area contributed by atoms with Crippen molar-refractivity contribution in [3.8, 4) is 0 Å². The Labute approximate surface area is 164 Å². The molecule has 7 heteroatoms. The molecule has 0 saturated carbocycles. The number of urea groups is 1. The van der Waals surface area contributed by atoms with Gasteiger partial charge in [0.1, 0.15) is 0 Å². The van der Waals surface area contributed by atoms with Crippen LogP contribution in [-0.4, -0.2) is 51.9 Å². The highest BCUT2D eigenvalue weighted by atomic mass is 16.2. The average Bonchev–Trinajstić information content (AvgIpc) is 3.27. The minimum Gasteiger partial charge on any atom is -0.368 e. The van der Waals surface area contributed by atoms with Gasteiger partial charge in [0.2, 0.25) is 0 Å². The van der Waals surface area contributed by atoms with Crippen LogP contribution < -0.4 is 10.2 Å². The van der Waals surface area contributed by atoms with Gasteiger partial charge in [-0.15, -0.1) is 0 Å². The second-order valence-electron chi connectivity index (χ2n) is 6.81. The summed E-state index contributed by atoms with van der Waals surface area (Å²) >= 11 is 0. The molecule has 7 nitrogen and oxygen atoms in total. The summed E-state index contributed by atoms with van der Waals surface area (Å²) in [4.78, 5) is 20.8. The van der Waals surface area contributed by atoms with Crippen LogP contribution in [0.5, 0.6) is 0 Å². The number of amides is 2. The Balaban J connectivity index is 1.31. The highest BCUT2D eigenvalue weighted by Crippen LogP contribution is 2.15. The predicted molar refractivity (Wildman–Crippen MR) is 108 cm³/mol. The minimum absolute atomic E-state index is 0.0109. The second kappa shape index (κ2) is 8.56. The quantitative estimate of drug-likeness (QED) is 0.742. The fraction of sp³-hybridized carbons (Fsp3) is 0.286. The lowest BCUT2D eigenvalue weighted by molar-refractivity contribution is 0.194. The number of hydrogen-bond donors (Lipinski definition) is 1. The largest absolute Gasteiger partial charge is 0.368 e. The van der Waals surface area contributed by atoms with Crippen molar-refractivity contribution in [1.29, 1.82) is 0 Å². The van der Waals surface area contributed by atoms with E-state index < -0.39 is 0 Å². The van der Waals surface area contributed by atoms with Gasteiger partial charge in [0.05, 0.1) is 6.54 Å². The second-order valence-corrected chi connectivity index (χ2v) is 6.81. The number of rotatable bonds is 5. The van der Waals surface area contributed by atoms with E-state index in [0.29, 0.717) is 26.2 Å².